The largest absolute Gasteiger partial charge is 0.482 e. The molecule has 0 radical (unpaired) electrons. The summed E-state index contributed by atoms with van der Waals surface area (Å²) in [6.07, 6.45) is 3.56. The molecule has 10 heteroatoms. The number of amides is 1. The summed E-state index contributed by atoms with van der Waals surface area (Å²) in [6.45, 7) is 3.70. The molecule has 0 fully saturated rings. The predicted octanol–water partition coefficient (Wildman–Crippen LogP) is 7.72. The van der Waals surface area contributed by atoms with Gasteiger partial charge in [0.05, 0.1) is 25.7 Å². The predicted molar refractivity (Wildman–Crippen MR) is 145 cm³/mol. The topological polar surface area (TPSA) is 75.6 Å². The highest BCUT2D eigenvalue weighted by Gasteiger charge is 2.30. The van der Waals surface area contributed by atoms with Crippen LogP contribution in [0.25, 0.3) is 17.2 Å². The van der Waals surface area contributed by atoms with E-state index >= 15 is 0 Å². The zero-order valence-electron chi connectivity index (χ0n) is 19.5. The van der Waals surface area contributed by atoms with Gasteiger partial charge in [0.25, 0.3) is 5.91 Å². The van der Waals surface area contributed by atoms with E-state index in [1.54, 1.807) is 18.2 Å². The van der Waals surface area contributed by atoms with Crippen molar-refractivity contribution in [3.05, 3.63) is 91.1 Å². The first-order valence-corrected chi connectivity index (χ1v) is 12.6. The first kappa shape index (κ1) is 27.3. The molecule has 0 saturated carbocycles. The van der Waals surface area contributed by atoms with Crippen molar-refractivity contribution in [2.45, 2.75) is 31.9 Å². The fraction of sp³-hybridized carbons (Fsp3) is 0.185. The SMILES string of the molecule is CC1(C)C=Cc2c(CC(NC(=O)c3c(Cl)cccc3Cl)C(=O)O)ccc(-c3c(Cl)cc(F)cc3Cl)c2O1. The van der Waals surface area contributed by atoms with Crippen LogP contribution in [0.1, 0.15) is 35.3 Å². The Morgan fingerprint density at radius 3 is 2.24 bits per heavy atom. The smallest absolute Gasteiger partial charge is 0.326 e. The Labute approximate surface area is 232 Å². The van der Waals surface area contributed by atoms with Gasteiger partial charge in [-0.15, -0.1) is 0 Å². The number of hydrogen-bond acceptors (Lipinski definition) is 3. The van der Waals surface area contributed by atoms with Crippen LogP contribution in [0.5, 0.6) is 5.75 Å². The third-order valence-electron chi connectivity index (χ3n) is 5.80. The van der Waals surface area contributed by atoms with Crippen LogP contribution in [0.4, 0.5) is 4.39 Å². The molecule has 4 rings (SSSR count). The maximum atomic E-state index is 13.8. The summed E-state index contributed by atoms with van der Waals surface area (Å²) in [5.74, 6) is -2.14. The Hall–Kier alpha value is -2.77. The molecule has 3 aromatic rings. The van der Waals surface area contributed by atoms with Crippen molar-refractivity contribution in [3.8, 4) is 16.9 Å². The molecule has 37 heavy (non-hydrogen) atoms. The fourth-order valence-electron chi connectivity index (χ4n) is 4.05. The van der Waals surface area contributed by atoms with Crippen molar-refractivity contribution in [2.75, 3.05) is 0 Å². The molecular weight excluding hydrogens is 563 g/mol. The molecule has 1 aliphatic heterocycles. The van der Waals surface area contributed by atoms with Crippen LogP contribution in [0.3, 0.4) is 0 Å². The first-order chi connectivity index (χ1) is 17.4. The lowest BCUT2D eigenvalue weighted by molar-refractivity contribution is -0.139. The second kappa shape index (κ2) is 10.5. The zero-order chi connectivity index (χ0) is 27.1. The van der Waals surface area contributed by atoms with E-state index in [4.69, 9.17) is 51.1 Å². The number of halogens is 5. The molecule has 0 bridgehead atoms. The van der Waals surface area contributed by atoms with Gasteiger partial charge in [-0.05, 0) is 49.8 Å². The van der Waals surface area contributed by atoms with Gasteiger partial charge < -0.3 is 15.2 Å². The van der Waals surface area contributed by atoms with E-state index in [0.717, 1.165) is 12.1 Å². The summed E-state index contributed by atoms with van der Waals surface area (Å²) in [7, 11) is 0. The number of hydrogen-bond donors (Lipinski definition) is 2. The van der Waals surface area contributed by atoms with Crippen LogP contribution < -0.4 is 10.1 Å². The minimum Gasteiger partial charge on any atom is -0.482 e. The Morgan fingerprint density at radius 2 is 1.65 bits per heavy atom. The van der Waals surface area contributed by atoms with Gasteiger partial charge in [-0.1, -0.05) is 70.7 Å². The van der Waals surface area contributed by atoms with Crippen LogP contribution in [0.15, 0.2) is 48.5 Å². The molecule has 1 amide bonds. The zero-order valence-corrected chi connectivity index (χ0v) is 22.6. The summed E-state index contributed by atoms with van der Waals surface area (Å²) < 4.78 is 20.1. The molecule has 1 atom stereocenters. The Kier molecular flexibility index (Phi) is 7.77. The van der Waals surface area contributed by atoms with E-state index in [1.165, 1.54) is 12.1 Å². The Bertz CT molecular complexity index is 1410. The minimum atomic E-state index is -1.31. The van der Waals surface area contributed by atoms with Gasteiger partial charge in [0.15, 0.2) is 0 Å². The highest BCUT2D eigenvalue weighted by molar-refractivity contribution is 6.40. The number of carboxylic acid groups (broad SMARTS) is 1. The highest BCUT2D eigenvalue weighted by Crippen LogP contribution is 2.46. The standard InChI is InChI=1S/C27H20Cl4FNO4/c1-27(2)9-8-15-13(6-7-16(24(15)37-27)22-19(30)11-14(32)12-20(22)31)10-21(26(35)36)33-25(34)23-17(28)4-3-5-18(23)29/h3-9,11-12,21H,10H2,1-2H3,(H,33,34)(H,35,36). The third-order valence-corrected chi connectivity index (χ3v) is 7.02. The van der Waals surface area contributed by atoms with Crippen molar-refractivity contribution in [3.63, 3.8) is 0 Å². The number of rotatable bonds is 6. The van der Waals surface area contributed by atoms with Gasteiger partial charge in [0, 0.05) is 23.1 Å². The van der Waals surface area contributed by atoms with Gasteiger partial charge in [-0.3, -0.25) is 4.79 Å². The van der Waals surface area contributed by atoms with Crippen molar-refractivity contribution in [2.24, 2.45) is 0 Å². The molecule has 1 aliphatic rings. The molecule has 1 heterocycles. The molecular formula is C27H20Cl4FNO4. The Morgan fingerprint density at radius 1 is 1.03 bits per heavy atom. The van der Waals surface area contributed by atoms with Crippen molar-refractivity contribution >= 4 is 64.4 Å². The quantitative estimate of drug-likeness (QED) is 0.312. The Balaban J connectivity index is 1.76. The summed E-state index contributed by atoms with van der Waals surface area (Å²) in [5.41, 5.74) is 1.36. The molecule has 2 N–H and O–H groups in total. The van der Waals surface area contributed by atoms with E-state index in [0.29, 0.717) is 28.0 Å². The summed E-state index contributed by atoms with van der Waals surface area (Å²) in [4.78, 5) is 25.0. The van der Waals surface area contributed by atoms with E-state index in [9.17, 15) is 19.1 Å². The molecule has 5 nitrogen and oxygen atoms in total. The van der Waals surface area contributed by atoms with Crippen LogP contribution in [0, 0.1) is 5.82 Å². The maximum absolute atomic E-state index is 13.8. The molecule has 0 spiro atoms. The lowest BCUT2D eigenvalue weighted by atomic mass is 9.90. The lowest BCUT2D eigenvalue weighted by Crippen LogP contribution is -2.42. The summed E-state index contributed by atoms with van der Waals surface area (Å²) in [5, 5.41) is 12.8. The number of carbonyl (C=O) groups is 2. The number of benzene rings is 3. The maximum Gasteiger partial charge on any atom is 0.326 e. The van der Waals surface area contributed by atoms with Gasteiger partial charge in [0.2, 0.25) is 0 Å². The van der Waals surface area contributed by atoms with E-state index in [-0.39, 0.29) is 32.1 Å². The van der Waals surface area contributed by atoms with Crippen LogP contribution in [-0.4, -0.2) is 28.6 Å². The summed E-state index contributed by atoms with van der Waals surface area (Å²) in [6, 6.07) is 8.94. The molecule has 3 aromatic carbocycles. The molecule has 192 valence electrons. The molecule has 0 aliphatic carbocycles. The van der Waals surface area contributed by atoms with Crippen molar-refractivity contribution < 1.29 is 23.8 Å². The second-order valence-corrected chi connectivity index (χ2v) is 10.6. The minimum absolute atomic E-state index is 0.0139. The first-order valence-electron chi connectivity index (χ1n) is 11.0. The van der Waals surface area contributed by atoms with E-state index in [2.05, 4.69) is 5.32 Å². The van der Waals surface area contributed by atoms with Gasteiger partial charge in [0.1, 0.15) is 23.2 Å². The van der Waals surface area contributed by atoms with Crippen molar-refractivity contribution in [1.29, 1.82) is 0 Å². The normalized spacial score (nSPS) is 14.5. The van der Waals surface area contributed by atoms with Crippen molar-refractivity contribution in [1.82, 2.24) is 5.32 Å². The van der Waals surface area contributed by atoms with Gasteiger partial charge in [-0.25, -0.2) is 9.18 Å². The number of nitrogens with one attached hydrogen (secondary N) is 1. The molecule has 1 unspecified atom stereocenters. The average Bonchev–Trinajstić information content (AvgIpc) is 2.78. The summed E-state index contributed by atoms with van der Waals surface area (Å²) >= 11 is 24.9. The average molecular weight is 583 g/mol. The fourth-order valence-corrected chi connectivity index (χ4v) is 5.29. The molecule has 0 saturated heterocycles. The lowest BCUT2D eigenvalue weighted by Gasteiger charge is -2.31. The monoisotopic (exact) mass is 581 g/mol. The third kappa shape index (κ3) is 5.73. The number of carbonyl (C=O) groups excluding carboxylic acids is 1. The number of ether oxygens (including phenoxy) is 1. The van der Waals surface area contributed by atoms with Crippen LogP contribution >= 0.6 is 46.4 Å². The van der Waals surface area contributed by atoms with E-state index in [1.807, 2.05) is 26.0 Å². The van der Waals surface area contributed by atoms with Gasteiger partial charge >= 0.3 is 5.97 Å². The highest BCUT2D eigenvalue weighted by atomic mass is 35.5. The second-order valence-electron chi connectivity index (χ2n) is 8.96. The number of aliphatic carboxylic acids is 1. The van der Waals surface area contributed by atoms with Crippen LogP contribution in [0.2, 0.25) is 20.1 Å². The number of fused-ring (bicyclic) bond motifs is 1. The molecule has 0 aromatic heterocycles. The van der Waals surface area contributed by atoms with E-state index < -0.39 is 29.3 Å². The van der Waals surface area contributed by atoms with Crippen LogP contribution in [-0.2, 0) is 11.2 Å². The number of carboxylic acids is 1. The van der Waals surface area contributed by atoms with Gasteiger partial charge in [-0.2, -0.15) is 0 Å².